The smallest absolute Gasteiger partial charge is 0.206 e. The first-order valence-corrected chi connectivity index (χ1v) is 8.83. The van der Waals surface area contributed by atoms with Crippen molar-refractivity contribution >= 4 is 37.3 Å². The standard InChI is InChI=1S/C11H18BrNO2S2/c1-4-11(5-2,6-3)13-17(14,15)10-9(12)7-8-16-10/h7-8,13H,4-6H2,1-3H3. The van der Waals surface area contributed by atoms with E-state index in [4.69, 9.17) is 0 Å². The van der Waals surface area contributed by atoms with Gasteiger partial charge in [0, 0.05) is 10.0 Å². The van der Waals surface area contributed by atoms with Crippen molar-refractivity contribution in [2.24, 2.45) is 0 Å². The van der Waals surface area contributed by atoms with Crippen molar-refractivity contribution in [3.05, 3.63) is 15.9 Å². The number of sulfonamides is 1. The third-order valence-electron chi connectivity index (χ3n) is 3.21. The molecule has 0 spiro atoms. The number of thiophene rings is 1. The van der Waals surface area contributed by atoms with Crippen molar-refractivity contribution < 1.29 is 8.42 Å². The van der Waals surface area contributed by atoms with Crippen LogP contribution in [0.4, 0.5) is 0 Å². The zero-order valence-corrected chi connectivity index (χ0v) is 13.5. The molecular weight excluding hydrogens is 322 g/mol. The largest absolute Gasteiger partial charge is 0.251 e. The lowest BCUT2D eigenvalue weighted by Crippen LogP contribution is -2.46. The fraction of sp³-hybridized carbons (Fsp3) is 0.636. The maximum Gasteiger partial charge on any atom is 0.251 e. The average Bonchev–Trinajstić information content (AvgIpc) is 2.73. The van der Waals surface area contributed by atoms with Crippen LogP contribution in [0.1, 0.15) is 40.0 Å². The second-order valence-corrected chi connectivity index (χ2v) is 7.65. The van der Waals surface area contributed by atoms with Crippen molar-refractivity contribution in [3.8, 4) is 0 Å². The number of hydrogen-bond acceptors (Lipinski definition) is 3. The molecule has 0 saturated heterocycles. The number of hydrogen-bond donors (Lipinski definition) is 1. The molecule has 1 heterocycles. The molecule has 1 rings (SSSR count). The molecule has 0 aliphatic rings. The van der Waals surface area contributed by atoms with Crippen LogP contribution in [0.3, 0.4) is 0 Å². The van der Waals surface area contributed by atoms with Gasteiger partial charge in [0.25, 0.3) is 10.0 Å². The molecule has 0 unspecified atom stereocenters. The summed E-state index contributed by atoms with van der Waals surface area (Å²) in [5.74, 6) is 0. The summed E-state index contributed by atoms with van der Waals surface area (Å²) < 4.78 is 28.4. The second kappa shape index (κ2) is 5.82. The van der Waals surface area contributed by atoms with E-state index in [9.17, 15) is 8.42 Å². The molecule has 17 heavy (non-hydrogen) atoms. The molecular formula is C11H18BrNO2S2. The second-order valence-electron chi connectivity index (χ2n) is 4.00. The zero-order valence-electron chi connectivity index (χ0n) is 10.3. The molecule has 1 N–H and O–H groups in total. The van der Waals surface area contributed by atoms with Crippen LogP contribution in [0.25, 0.3) is 0 Å². The van der Waals surface area contributed by atoms with Crippen molar-refractivity contribution in [2.45, 2.75) is 49.8 Å². The molecule has 0 fully saturated rings. The van der Waals surface area contributed by atoms with Crippen molar-refractivity contribution in [1.29, 1.82) is 0 Å². The molecule has 3 nitrogen and oxygen atoms in total. The van der Waals surface area contributed by atoms with Crippen LogP contribution in [-0.4, -0.2) is 14.0 Å². The normalized spacial score (nSPS) is 12.9. The highest BCUT2D eigenvalue weighted by Gasteiger charge is 2.31. The van der Waals surface area contributed by atoms with Gasteiger partial charge in [-0.25, -0.2) is 13.1 Å². The van der Waals surface area contributed by atoms with E-state index < -0.39 is 10.0 Å². The minimum Gasteiger partial charge on any atom is -0.206 e. The summed E-state index contributed by atoms with van der Waals surface area (Å²) in [6, 6.07) is 1.75. The van der Waals surface area contributed by atoms with E-state index in [-0.39, 0.29) is 5.54 Å². The fourth-order valence-corrected chi connectivity index (χ4v) is 5.72. The van der Waals surface area contributed by atoms with E-state index in [1.54, 1.807) is 11.4 Å². The highest BCUT2D eigenvalue weighted by molar-refractivity contribution is 9.10. The van der Waals surface area contributed by atoms with Gasteiger partial charge < -0.3 is 0 Å². The highest BCUT2D eigenvalue weighted by atomic mass is 79.9. The Morgan fingerprint density at radius 3 is 2.18 bits per heavy atom. The van der Waals surface area contributed by atoms with Crippen LogP contribution >= 0.6 is 27.3 Å². The van der Waals surface area contributed by atoms with Gasteiger partial charge in [0.05, 0.1) is 0 Å². The minimum atomic E-state index is -3.42. The average molecular weight is 340 g/mol. The van der Waals surface area contributed by atoms with Gasteiger partial charge in [0.1, 0.15) is 4.21 Å². The van der Waals surface area contributed by atoms with Crippen molar-refractivity contribution in [1.82, 2.24) is 4.72 Å². The van der Waals surface area contributed by atoms with E-state index in [1.807, 2.05) is 20.8 Å². The summed E-state index contributed by atoms with van der Waals surface area (Å²) in [6.07, 6.45) is 2.38. The van der Waals surface area contributed by atoms with Gasteiger partial charge in [-0.15, -0.1) is 11.3 Å². The van der Waals surface area contributed by atoms with Crippen molar-refractivity contribution in [3.63, 3.8) is 0 Å². The summed E-state index contributed by atoms with van der Waals surface area (Å²) >= 11 is 4.50. The maximum atomic E-state index is 12.3. The van der Waals surface area contributed by atoms with E-state index in [0.29, 0.717) is 8.68 Å². The topological polar surface area (TPSA) is 46.2 Å². The number of nitrogens with one attached hydrogen (secondary N) is 1. The molecule has 0 bridgehead atoms. The first kappa shape index (κ1) is 15.1. The summed E-state index contributed by atoms with van der Waals surface area (Å²) in [7, 11) is -3.42. The molecule has 0 amide bonds. The molecule has 0 radical (unpaired) electrons. The van der Waals surface area contributed by atoms with Gasteiger partial charge in [-0.05, 0) is 46.6 Å². The maximum absolute atomic E-state index is 12.3. The van der Waals surface area contributed by atoms with Gasteiger partial charge in [-0.1, -0.05) is 20.8 Å². The summed E-state index contributed by atoms with van der Waals surface area (Å²) in [5, 5.41) is 1.77. The Kier molecular flexibility index (Phi) is 5.19. The van der Waals surface area contributed by atoms with E-state index in [1.165, 1.54) is 11.3 Å². The fourth-order valence-electron chi connectivity index (χ4n) is 1.77. The third-order valence-corrected chi connectivity index (χ3v) is 7.46. The summed E-state index contributed by atoms with van der Waals surface area (Å²) in [6.45, 7) is 6.04. The lowest BCUT2D eigenvalue weighted by Gasteiger charge is -2.31. The third kappa shape index (κ3) is 3.30. The van der Waals surface area contributed by atoms with Crippen molar-refractivity contribution in [2.75, 3.05) is 0 Å². The molecule has 1 aromatic heterocycles. The first-order chi connectivity index (χ1) is 7.90. The predicted molar refractivity (Wildman–Crippen MR) is 75.9 cm³/mol. The number of rotatable bonds is 6. The van der Waals surface area contributed by atoms with Crippen LogP contribution in [0.2, 0.25) is 0 Å². The number of halogens is 1. The Bertz CT molecular complexity index is 455. The zero-order chi connectivity index (χ0) is 13.1. The van der Waals surface area contributed by atoms with E-state index >= 15 is 0 Å². The minimum absolute atomic E-state index is 0.331. The van der Waals surface area contributed by atoms with Crippen LogP contribution < -0.4 is 4.72 Å². The Hall–Kier alpha value is 0.0900. The Labute approximate surface area is 116 Å². The van der Waals surface area contributed by atoms with Gasteiger partial charge in [-0.2, -0.15) is 0 Å². The van der Waals surface area contributed by atoms with Crippen LogP contribution in [-0.2, 0) is 10.0 Å². The molecule has 0 atom stereocenters. The quantitative estimate of drug-likeness (QED) is 0.857. The summed E-state index contributed by atoms with van der Waals surface area (Å²) in [4.78, 5) is 0. The van der Waals surface area contributed by atoms with Gasteiger partial charge >= 0.3 is 0 Å². The predicted octanol–water partition coefficient (Wildman–Crippen LogP) is 3.76. The van der Waals surface area contributed by atoms with Crippen LogP contribution in [0.5, 0.6) is 0 Å². The molecule has 0 aromatic carbocycles. The Morgan fingerprint density at radius 1 is 1.29 bits per heavy atom. The Morgan fingerprint density at radius 2 is 1.82 bits per heavy atom. The van der Waals surface area contributed by atoms with E-state index in [2.05, 4.69) is 20.7 Å². The highest BCUT2D eigenvalue weighted by Crippen LogP contribution is 2.30. The monoisotopic (exact) mass is 339 g/mol. The van der Waals surface area contributed by atoms with Gasteiger partial charge in [-0.3, -0.25) is 0 Å². The summed E-state index contributed by atoms with van der Waals surface area (Å²) in [5.41, 5.74) is -0.331. The molecule has 1 aromatic rings. The molecule has 0 aliphatic heterocycles. The molecule has 98 valence electrons. The first-order valence-electron chi connectivity index (χ1n) is 5.67. The molecule has 6 heteroatoms. The molecule has 0 saturated carbocycles. The van der Waals surface area contributed by atoms with Gasteiger partial charge in [0.15, 0.2) is 0 Å². The molecule has 0 aliphatic carbocycles. The van der Waals surface area contributed by atoms with Crippen LogP contribution in [0.15, 0.2) is 20.1 Å². The van der Waals surface area contributed by atoms with E-state index in [0.717, 1.165) is 19.3 Å². The van der Waals surface area contributed by atoms with Crippen LogP contribution in [0, 0.1) is 0 Å². The SMILES string of the molecule is CCC(CC)(CC)NS(=O)(=O)c1sccc1Br. The lowest BCUT2D eigenvalue weighted by molar-refractivity contribution is 0.342. The Balaban J connectivity index is 3.05. The van der Waals surface area contributed by atoms with Gasteiger partial charge in [0.2, 0.25) is 0 Å². The lowest BCUT2D eigenvalue weighted by atomic mass is 9.91.